The SMILES string of the molecule is O=C(CCc1ccccc1F)NCC(=O)N1CCOCC1. The zero-order valence-electron chi connectivity index (χ0n) is 11.8. The third-order valence-corrected chi connectivity index (χ3v) is 3.38. The molecule has 0 spiro atoms. The fourth-order valence-corrected chi connectivity index (χ4v) is 2.14. The van der Waals surface area contributed by atoms with Gasteiger partial charge in [-0.25, -0.2) is 4.39 Å². The van der Waals surface area contributed by atoms with E-state index < -0.39 is 0 Å². The van der Waals surface area contributed by atoms with E-state index in [9.17, 15) is 14.0 Å². The van der Waals surface area contributed by atoms with Crippen LogP contribution in [0.5, 0.6) is 0 Å². The van der Waals surface area contributed by atoms with Crippen LogP contribution in [0.1, 0.15) is 12.0 Å². The number of halogens is 1. The average Bonchev–Trinajstić information content (AvgIpc) is 2.52. The predicted octanol–water partition coefficient (Wildman–Crippen LogP) is 0.733. The summed E-state index contributed by atoms with van der Waals surface area (Å²) in [5.74, 6) is -0.674. The Kier molecular flexibility index (Phi) is 5.68. The number of rotatable bonds is 5. The van der Waals surface area contributed by atoms with Gasteiger partial charge in [0.05, 0.1) is 19.8 Å². The Morgan fingerprint density at radius 1 is 1.24 bits per heavy atom. The molecule has 0 atom stereocenters. The summed E-state index contributed by atoms with van der Waals surface area (Å²) < 4.78 is 18.6. The van der Waals surface area contributed by atoms with Crippen molar-refractivity contribution in [3.63, 3.8) is 0 Å². The normalized spacial score (nSPS) is 14.8. The molecule has 6 heteroatoms. The summed E-state index contributed by atoms with van der Waals surface area (Å²) >= 11 is 0. The molecule has 1 aromatic rings. The fraction of sp³-hybridized carbons (Fsp3) is 0.467. The van der Waals surface area contributed by atoms with Crippen molar-refractivity contribution in [1.29, 1.82) is 0 Å². The second-order valence-electron chi connectivity index (χ2n) is 4.86. The van der Waals surface area contributed by atoms with Gasteiger partial charge in [-0.15, -0.1) is 0 Å². The number of ether oxygens (including phenoxy) is 1. The average molecular weight is 294 g/mol. The maximum Gasteiger partial charge on any atom is 0.242 e. The number of nitrogens with one attached hydrogen (secondary N) is 1. The van der Waals surface area contributed by atoms with E-state index >= 15 is 0 Å². The fourth-order valence-electron chi connectivity index (χ4n) is 2.14. The van der Waals surface area contributed by atoms with E-state index in [0.29, 0.717) is 38.3 Å². The zero-order chi connectivity index (χ0) is 15.1. The van der Waals surface area contributed by atoms with E-state index in [1.165, 1.54) is 6.07 Å². The number of aryl methyl sites for hydroxylation is 1. The topological polar surface area (TPSA) is 58.6 Å². The van der Waals surface area contributed by atoms with Crippen LogP contribution in [0.25, 0.3) is 0 Å². The summed E-state index contributed by atoms with van der Waals surface area (Å²) in [4.78, 5) is 25.2. The summed E-state index contributed by atoms with van der Waals surface area (Å²) in [5.41, 5.74) is 0.507. The molecule has 0 aromatic heterocycles. The third-order valence-electron chi connectivity index (χ3n) is 3.38. The van der Waals surface area contributed by atoms with E-state index in [-0.39, 0.29) is 30.6 Å². The maximum atomic E-state index is 13.4. The van der Waals surface area contributed by atoms with Gasteiger partial charge in [0.1, 0.15) is 5.82 Å². The Balaban J connectivity index is 1.70. The maximum absolute atomic E-state index is 13.4. The standard InChI is InChI=1S/C15H19FN2O3/c16-13-4-2-1-3-12(13)5-6-14(19)17-11-15(20)18-7-9-21-10-8-18/h1-4H,5-11H2,(H,17,19). The molecule has 2 amide bonds. The number of carbonyl (C=O) groups is 2. The van der Waals surface area contributed by atoms with Crippen LogP contribution in [-0.4, -0.2) is 49.6 Å². The molecule has 1 saturated heterocycles. The Bertz CT molecular complexity index is 501. The van der Waals surface area contributed by atoms with Crippen LogP contribution in [-0.2, 0) is 20.7 Å². The van der Waals surface area contributed by atoms with E-state index in [2.05, 4.69) is 5.32 Å². The Labute approximate surface area is 123 Å². The van der Waals surface area contributed by atoms with Gasteiger partial charge in [0.25, 0.3) is 0 Å². The molecule has 21 heavy (non-hydrogen) atoms. The van der Waals surface area contributed by atoms with Crippen LogP contribution in [0.15, 0.2) is 24.3 Å². The summed E-state index contributed by atoms with van der Waals surface area (Å²) in [6.45, 7) is 2.17. The van der Waals surface area contributed by atoms with Crippen molar-refractivity contribution in [1.82, 2.24) is 10.2 Å². The van der Waals surface area contributed by atoms with E-state index in [0.717, 1.165) is 0 Å². The van der Waals surface area contributed by atoms with Crippen LogP contribution >= 0.6 is 0 Å². The second-order valence-corrected chi connectivity index (χ2v) is 4.86. The minimum absolute atomic E-state index is 0.0178. The van der Waals surface area contributed by atoms with Gasteiger partial charge in [0, 0.05) is 19.5 Å². The second kappa shape index (κ2) is 7.73. The molecule has 0 saturated carbocycles. The summed E-state index contributed by atoms with van der Waals surface area (Å²) in [5, 5.41) is 2.58. The number of amides is 2. The van der Waals surface area contributed by atoms with Gasteiger partial charge in [-0.2, -0.15) is 0 Å². The van der Waals surface area contributed by atoms with Gasteiger partial charge in [-0.3, -0.25) is 9.59 Å². The molecule has 1 heterocycles. The molecule has 1 fully saturated rings. The zero-order valence-corrected chi connectivity index (χ0v) is 11.8. The molecule has 114 valence electrons. The third kappa shape index (κ3) is 4.82. The lowest BCUT2D eigenvalue weighted by molar-refractivity contribution is -0.136. The van der Waals surface area contributed by atoms with Crippen molar-refractivity contribution in [3.8, 4) is 0 Å². The molecule has 2 rings (SSSR count). The van der Waals surface area contributed by atoms with Crippen LogP contribution in [0.4, 0.5) is 4.39 Å². The lowest BCUT2D eigenvalue weighted by Gasteiger charge is -2.26. The lowest BCUT2D eigenvalue weighted by atomic mass is 10.1. The number of hydrogen-bond donors (Lipinski definition) is 1. The molecule has 1 aliphatic rings. The van der Waals surface area contributed by atoms with E-state index in [1.54, 1.807) is 23.1 Å². The molecule has 5 nitrogen and oxygen atoms in total. The molecule has 1 aromatic carbocycles. The van der Waals surface area contributed by atoms with Crippen molar-refractivity contribution in [2.75, 3.05) is 32.8 Å². The highest BCUT2D eigenvalue weighted by molar-refractivity contribution is 5.84. The largest absolute Gasteiger partial charge is 0.378 e. The highest BCUT2D eigenvalue weighted by Gasteiger charge is 2.17. The van der Waals surface area contributed by atoms with Crippen molar-refractivity contribution < 1.29 is 18.7 Å². The van der Waals surface area contributed by atoms with Gasteiger partial charge >= 0.3 is 0 Å². The quantitative estimate of drug-likeness (QED) is 0.871. The van der Waals surface area contributed by atoms with Gasteiger partial charge < -0.3 is 15.0 Å². The lowest BCUT2D eigenvalue weighted by Crippen LogP contribution is -2.45. The minimum atomic E-state index is -0.310. The molecule has 0 radical (unpaired) electrons. The monoisotopic (exact) mass is 294 g/mol. The molecule has 1 N–H and O–H groups in total. The number of benzene rings is 1. The van der Waals surface area contributed by atoms with Gasteiger partial charge in [-0.1, -0.05) is 18.2 Å². The molecular weight excluding hydrogens is 275 g/mol. The first-order chi connectivity index (χ1) is 10.2. The van der Waals surface area contributed by atoms with Gasteiger partial charge in [-0.05, 0) is 18.1 Å². The molecule has 0 bridgehead atoms. The number of carbonyl (C=O) groups excluding carboxylic acids is 2. The van der Waals surface area contributed by atoms with Crippen LogP contribution in [0, 0.1) is 5.82 Å². The summed E-state index contributed by atoms with van der Waals surface area (Å²) in [6, 6.07) is 6.37. The van der Waals surface area contributed by atoms with Crippen LogP contribution < -0.4 is 5.32 Å². The molecule has 0 unspecified atom stereocenters. The van der Waals surface area contributed by atoms with Crippen molar-refractivity contribution in [2.45, 2.75) is 12.8 Å². The molecule has 0 aliphatic carbocycles. The van der Waals surface area contributed by atoms with E-state index in [1.807, 2.05) is 0 Å². The minimum Gasteiger partial charge on any atom is -0.378 e. The first-order valence-corrected chi connectivity index (χ1v) is 7.02. The Hall–Kier alpha value is -1.95. The van der Waals surface area contributed by atoms with Gasteiger partial charge in [0.2, 0.25) is 11.8 Å². The van der Waals surface area contributed by atoms with E-state index in [4.69, 9.17) is 4.74 Å². The number of morpholine rings is 1. The number of nitrogens with zero attached hydrogens (tertiary/aromatic N) is 1. The number of hydrogen-bond acceptors (Lipinski definition) is 3. The Morgan fingerprint density at radius 3 is 2.67 bits per heavy atom. The van der Waals surface area contributed by atoms with Gasteiger partial charge in [0.15, 0.2) is 0 Å². The highest BCUT2D eigenvalue weighted by Crippen LogP contribution is 2.08. The first-order valence-electron chi connectivity index (χ1n) is 7.02. The smallest absolute Gasteiger partial charge is 0.242 e. The summed E-state index contributed by atoms with van der Waals surface area (Å²) in [6.07, 6.45) is 0.488. The van der Waals surface area contributed by atoms with Crippen molar-refractivity contribution in [3.05, 3.63) is 35.6 Å². The molecular formula is C15H19FN2O3. The van der Waals surface area contributed by atoms with Crippen LogP contribution in [0.2, 0.25) is 0 Å². The van der Waals surface area contributed by atoms with Crippen molar-refractivity contribution >= 4 is 11.8 Å². The first kappa shape index (κ1) is 15.4. The van der Waals surface area contributed by atoms with Crippen molar-refractivity contribution in [2.24, 2.45) is 0 Å². The Morgan fingerprint density at radius 2 is 1.95 bits per heavy atom. The molecule has 1 aliphatic heterocycles. The predicted molar refractivity (Wildman–Crippen MR) is 75.1 cm³/mol. The summed E-state index contributed by atoms with van der Waals surface area (Å²) in [7, 11) is 0. The highest BCUT2D eigenvalue weighted by atomic mass is 19.1. The van der Waals surface area contributed by atoms with Crippen LogP contribution in [0.3, 0.4) is 0 Å².